The fraction of sp³-hybridized carbons (Fsp3) is 0.833. The van der Waals surface area contributed by atoms with E-state index in [1.54, 1.807) is 0 Å². The molecule has 0 spiro atoms. The summed E-state index contributed by atoms with van der Waals surface area (Å²) in [5.41, 5.74) is 0. The van der Waals surface area contributed by atoms with Gasteiger partial charge in [-0.15, -0.1) is 0 Å². The molecule has 0 fully saturated rings. The van der Waals surface area contributed by atoms with Crippen LogP contribution in [-0.4, -0.2) is 31.3 Å². The van der Waals surface area contributed by atoms with Crippen LogP contribution in [0.2, 0.25) is 0 Å². The summed E-state index contributed by atoms with van der Waals surface area (Å²) in [5.74, 6) is 0. The van der Waals surface area contributed by atoms with Gasteiger partial charge >= 0.3 is 0 Å². The van der Waals surface area contributed by atoms with Gasteiger partial charge in [0.15, 0.2) is 6.29 Å². The van der Waals surface area contributed by atoms with E-state index in [9.17, 15) is 4.79 Å². The molecular weight excluding hydrogens is 102 g/mol. The van der Waals surface area contributed by atoms with E-state index in [-0.39, 0.29) is 0 Å². The van der Waals surface area contributed by atoms with Gasteiger partial charge in [-0.3, -0.25) is 4.79 Å². The summed E-state index contributed by atoms with van der Waals surface area (Å²) in [6, 6.07) is 0. The van der Waals surface area contributed by atoms with Crippen LogP contribution < -0.4 is 0 Å². The second kappa shape index (κ2) is 4.78. The van der Waals surface area contributed by atoms with E-state index in [1.807, 2.05) is 13.3 Å². The Morgan fingerprint density at radius 2 is 2.25 bits per heavy atom. The van der Waals surface area contributed by atoms with Gasteiger partial charge in [-0.1, -0.05) is 6.92 Å². The molecule has 0 unspecified atom stereocenters. The maximum atomic E-state index is 9.67. The average Bonchev–Trinajstić information content (AvgIpc) is 1.83. The predicted octanol–water partition coefficient (Wildman–Crippen LogP) is 0.438. The lowest BCUT2D eigenvalue weighted by atomic mass is 10.4. The second-order valence-electron chi connectivity index (χ2n) is 1.79. The van der Waals surface area contributed by atoms with Crippen molar-refractivity contribution in [1.82, 2.24) is 4.90 Å². The molecule has 0 N–H and O–H groups in total. The normalized spacial score (nSPS) is 9.88. The Morgan fingerprint density at radius 1 is 1.62 bits per heavy atom. The van der Waals surface area contributed by atoms with Crippen molar-refractivity contribution in [3.05, 3.63) is 0 Å². The molecule has 0 aliphatic carbocycles. The van der Waals surface area contributed by atoms with Crippen LogP contribution in [-0.2, 0) is 4.79 Å². The first-order valence-corrected chi connectivity index (χ1v) is 2.84. The highest BCUT2D eigenvalue weighted by Crippen LogP contribution is 1.81. The first kappa shape index (κ1) is 7.63. The van der Waals surface area contributed by atoms with E-state index in [0.29, 0.717) is 6.42 Å². The van der Waals surface area contributed by atoms with Crippen molar-refractivity contribution >= 4 is 6.29 Å². The highest BCUT2D eigenvalue weighted by atomic mass is 16.1. The molecule has 47 valence electrons. The summed E-state index contributed by atoms with van der Waals surface area (Å²) in [4.78, 5) is 11.7. The largest absolute Gasteiger partial charge is 0.306 e. The predicted molar refractivity (Wildman–Crippen MR) is 33.5 cm³/mol. The lowest BCUT2D eigenvalue weighted by Gasteiger charge is -2.09. The molecule has 0 saturated heterocycles. The lowest BCUT2D eigenvalue weighted by molar-refractivity contribution is 0.361. The van der Waals surface area contributed by atoms with Crippen LogP contribution in [0.5, 0.6) is 0 Å². The standard InChI is InChI=1S/C6H12NO/c1-3-7(2)5-4-6-8/h3-5H2,1-2H3. The summed E-state index contributed by atoms with van der Waals surface area (Å²) < 4.78 is 0. The zero-order valence-corrected chi connectivity index (χ0v) is 5.48. The van der Waals surface area contributed by atoms with Crippen molar-refractivity contribution in [3.8, 4) is 0 Å². The van der Waals surface area contributed by atoms with Gasteiger partial charge in [-0.05, 0) is 13.6 Å². The molecule has 0 saturated carbocycles. The van der Waals surface area contributed by atoms with Crippen molar-refractivity contribution in [1.29, 1.82) is 0 Å². The SMILES string of the molecule is CCN(C)CC[C]=O. The number of hydrogen-bond acceptors (Lipinski definition) is 2. The van der Waals surface area contributed by atoms with E-state index < -0.39 is 0 Å². The highest BCUT2D eigenvalue weighted by Gasteiger charge is 1.90. The Balaban J connectivity index is 2.97. The van der Waals surface area contributed by atoms with Crippen molar-refractivity contribution in [2.24, 2.45) is 0 Å². The minimum absolute atomic E-state index is 0.532. The molecule has 0 amide bonds. The fourth-order valence-electron chi connectivity index (χ4n) is 0.395. The second-order valence-corrected chi connectivity index (χ2v) is 1.79. The summed E-state index contributed by atoms with van der Waals surface area (Å²) in [6.45, 7) is 3.90. The van der Waals surface area contributed by atoms with E-state index in [1.165, 1.54) is 0 Å². The number of rotatable bonds is 4. The Morgan fingerprint density at radius 3 is 2.62 bits per heavy atom. The Labute approximate surface area is 50.5 Å². The van der Waals surface area contributed by atoms with Crippen molar-refractivity contribution in [3.63, 3.8) is 0 Å². The molecule has 0 aromatic heterocycles. The lowest BCUT2D eigenvalue weighted by Crippen LogP contribution is -2.18. The van der Waals surface area contributed by atoms with Crippen molar-refractivity contribution < 1.29 is 4.79 Å². The molecule has 0 bridgehead atoms. The van der Waals surface area contributed by atoms with Crippen LogP contribution in [0, 0.1) is 0 Å². The summed E-state index contributed by atoms with van der Waals surface area (Å²) in [5, 5.41) is 0. The number of carbonyl (C=O) groups excluding carboxylic acids is 1. The van der Waals surface area contributed by atoms with Crippen molar-refractivity contribution in [2.45, 2.75) is 13.3 Å². The monoisotopic (exact) mass is 114 g/mol. The van der Waals surface area contributed by atoms with Crippen LogP contribution in [0.25, 0.3) is 0 Å². The van der Waals surface area contributed by atoms with Crippen LogP contribution in [0.15, 0.2) is 0 Å². The molecule has 2 heteroatoms. The Hall–Kier alpha value is -0.370. The average molecular weight is 114 g/mol. The molecule has 0 aliphatic rings. The maximum absolute atomic E-state index is 9.67. The zero-order chi connectivity index (χ0) is 6.41. The Kier molecular flexibility index (Phi) is 4.56. The van der Waals surface area contributed by atoms with Crippen LogP contribution in [0.3, 0.4) is 0 Å². The molecule has 0 rings (SSSR count). The number of hydrogen-bond donors (Lipinski definition) is 0. The number of nitrogens with zero attached hydrogens (tertiary/aromatic N) is 1. The molecule has 1 radical (unpaired) electrons. The van der Waals surface area contributed by atoms with Gasteiger partial charge in [0.25, 0.3) is 0 Å². The van der Waals surface area contributed by atoms with Gasteiger partial charge in [-0.25, -0.2) is 0 Å². The van der Waals surface area contributed by atoms with Crippen LogP contribution >= 0.6 is 0 Å². The van der Waals surface area contributed by atoms with Gasteiger partial charge in [0.1, 0.15) is 0 Å². The molecular formula is C6H12NO. The topological polar surface area (TPSA) is 20.3 Å². The first-order chi connectivity index (χ1) is 3.81. The van der Waals surface area contributed by atoms with E-state index in [2.05, 4.69) is 11.8 Å². The van der Waals surface area contributed by atoms with Gasteiger partial charge in [-0.2, -0.15) is 0 Å². The minimum atomic E-state index is 0.532. The summed E-state index contributed by atoms with van der Waals surface area (Å²) in [6.07, 6.45) is 2.37. The van der Waals surface area contributed by atoms with Gasteiger partial charge < -0.3 is 4.90 Å². The molecule has 2 nitrogen and oxygen atoms in total. The van der Waals surface area contributed by atoms with E-state index in [4.69, 9.17) is 0 Å². The third-order valence-corrected chi connectivity index (χ3v) is 1.14. The van der Waals surface area contributed by atoms with Gasteiger partial charge in [0.2, 0.25) is 0 Å². The third kappa shape index (κ3) is 3.81. The maximum Gasteiger partial charge on any atom is 0.199 e. The highest BCUT2D eigenvalue weighted by molar-refractivity contribution is 5.50. The van der Waals surface area contributed by atoms with E-state index >= 15 is 0 Å². The molecule has 0 atom stereocenters. The molecule has 0 aromatic carbocycles. The summed E-state index contributed by atoms with van der Waals surface area (Å²) in [7, 11) is 1.98. The summed E-state index contributed by atoms with van der Waals surface area (Å²) >= 11 is 0. The molecule has 8 heavy (non-hydrogen) atoms. The fourth-order valence-corrected chi connectivity index (χ4v) is 0.395. The first-order valence-electron chi connectivity index (χ1n) is 2.84. The van der Waals surface area contributed by atoms with Gasteiger partial charge in [0.05, 0.1) is 0 Å². The third-order valence-electron chi connectivity index (χ3n) is 1.14. The smallest absolute Gasteiger partial charge is 0.199 e. The molecule has 0 aromatic rings. The van der Waals surface area contributed by atoms with Gasteiger partial charge in [0, 0.05) is 13.0 Å². The molecule has 0 heterocycles. The zero-order valence-electron chi connectivity index (χ0n) is 5.48. The minimum Gasteiger partial charge on any atom is -0.306 e. The Bertz CT molecular complexity index is 63.5. The van der Waals surface area contributed by atoms with Crippen LogP contribution in [0.1, 0.15) is 13.3 Å². The van der Waals surface area contributed by atoms with E-state index in [0.717, 1.165) is 13.1 Å². The van der Waals surface area contributed by atoms with Crippen LogP contribution in [0.4, 0.5) is 0 Å². The van der Waals surface area contributed by atoms with Crippen molar-refractivity contribution in [2.75, 3.05) is 20.1 Å². The molecule has 0 aliphatic heterocycles. The quantitative estimate of drug-likeness (QED) is 0.528.